The molecular weight excluding hydrogens is 354 g/mol. The molecular formula is C18H27N3O4S. The number of likely N-dealkylation sites (tertiary alicyclic amines) is 1. The van der Waals surface area contributed by atoms with Gasteiger partial charge in [-0.3, -0.25) is 4.79 Å². The predicted octanol–water partition coefficient (Wildman–Crippen LogP) is 1.06. The van der Waals surface area contributed by atoms with Gasteiger partial charge in [0.2, 0.25) is 10.0 Å². The van der Waals surface area contributed by atoms with E-state index in [2.05, 4.69) is 17.3 Å². The minimum atomic E-state index is -3.42. The topological polar surface area (TPSA) is 79.0 Å². The van der Waals surface area contributed by atoms with E-state index in [0.717, 1.165) is 38.8 Å². The second-order valence-corrected chi connectivity index (χ2v) is 8.95. The molecule has 0 aliphatic carbocycles. The minimum absolute atomic E-state index is 0.0649. The zero-order chi connectivity index (χ0) is 18.6. The lowest BCUT2D eigenvalue weighted by Crippen LogP contribution is -2.44. The first-order valence-electron chi connectivity index (χ1n) is 9.16. The van der Waals surface area contributed by atoms with Gasteiger partial charge in [0.25, 0.3) is 5.91 Å². The van der Waals surface area contributed by atoms with E-state index in [4.69, 9.17) is 4.74 Å². The maximum atomic E-state index is 12.5. The Kier molecular flexibility index (Phi) is 6.16. The third kappa shape index (κ3) is 4.75. The molecule has 2 aliphatic rings. The van der Waals surface area contributed by atoms with Gasteiger partial charge in [-0.1, -0.05) is 0 Å². The highest BCUT2D eigenvalue weighted by Crippen LogP contribution is 2.22. The average Bonchev–Trinajstić information content (AvgIpc) is 3.18. The first-order chi connectivity index (χ1) is 12.4. The smallest absolute Gasteiger partial charge is 0.258 e. The third-order valence-corrected chi connectivity index (χ3v) is 6.89. The minimum Gasteiger partial charge on any atom is -0.484 e. The van der Waals surface area contributed by atoms with Crippen LogP contribution < -0.4 is 10.1 Å². The number of ether oxygens (including phenoxy) is 1. The predicted molar refractivity (Wildman–Crippen MR) is 98.6 cm³/mol. The fraction of sp³-hybridized carbons (Fsp3) is 0.611. The summed E-state index contributed by atoms with van der Waals surface area (Å²) < 4.78 is 32.0. The van der Waals surface area contributed by atoms with Crippen LogP contribution in [0, 0.1) is 0 Å². The SMILES string of the molecule is CN1CCC(NC(=O)COc2ccc(S(=O)(=O)N3CCCC3)cc2)CC1. The van der Waals surface area contributed by atoms with Gasteiger partial charge in [0, 0.05) is 19.1 Å². The quantitative estimate of drug-likeness (QED) is 0.797. The van der Waals surface area contributed by atoms with Gasteiger partial charge >= 0.3 is 0 Å². The molecule has 0 aromatic heterocycles. The van der Waals surface area contributed by atoms with Crippen molar-refractivity contribution in [2.75, 3.05) is 39.8 Å². The second-order valence-electron chi connectivity index (χ2n) is 7.02. The van der Waals surface area contributed by atoms with Crippen molar-refractivity contribution in [3.05, 3.63) is 24.3 Å². The number of carbonyl (C=O) groups is 1. The molecule has 0 saturated carbocycles. The number of nitrogens with one attached hydrogen (secondary N) is 1. The van der Waals surface area contributed by atoms with Crippen LogP contribution in [0.4, 0.5) is 0 Å². The fourth-order valence-electron chi connectivity index (χ4n) is 3.36. The molecule has 1 amide bonds. The first kappa shape index (κ1) is 19.1. The molecule has 1 N–H and O–H groups in total. The van der Waals surface area contributed by atoms with Crippen molar-refractivity contribution in [3.63, 3.8) is 0 Å². The summed E-state index contributed by atoms with van der Waals surface area (Å²) in [6.45, 7) is 3.07. The Morgan fingerprint density at radius 1 is 1.12 bits per heavy atom. The van der Waals surface area contributed by atoms with Gasteiger partial charge in [0.05, 0.1) is 4.90 Å². The number of benzene rings is 1. The van der Waals surface area contributed by atoms with Gasteiger partial charge in [-0.2, -0.15) is 4.31 Å². The van der Waals surface area contributed by atoms with Crippen LogP contribution in [-0.2, 0) is 14.8 Å². The fourth-order valence-corrected chi connectivity index (χ4v) is 4.87. The van der Waals surface area contributed by atoms with Crippen molar-refractivity contribution in [2.24, 2.45) is 0 Å². The molecule has 7 nitrogen and oxygen atoms in total. The Hall–Kier alpha value is -1.64. The number of nitrogens with zero attached hydrogens (tertiary/aromatic N) is 2. The normalized spacial score (nSPS) is 20.2. The molecule has 2 fully saturated rings. The van der Waals surface area contributed by atoms with Crippen molar-refractivity contribution < 1.29 is 17.9 Å². The van der Waals surface area contributed by atoms with Crippen LogP contribution in [0.2, 0.25) is 0 Å². The highest BCUT2D eigenvalue weighted by molar-refractivity contribution is 7.89. The van der Waals surface area contributed by atoms with Crippen LogP contribution in [0.1, 0.15) is 25.7 Å². The number of amides is 1. The molecule has 2 saturated heterocycles. The Morgan fingerprint density at radius 3 is 2.35 bits per heavy atom. The second kappa shape index (κ2) is 8.37. The highest BCUT2D eigenvalue weighted by Gasteiger charge is 2.27. The summed E-state index contributed by atoms with van der Waals surface area (Å²) in [7, 11) is -1.34. The van der Waals surface area contributed by atoms with E-state index >= 15 is 0 Å². The summed E-state index contributed by atoms with van der Waals surface area (Å²) in [4.78, 5) is 14.5. The van der Waals surface area contributed by atoms with Crippen LogP contribution >= 0.6 is 0 Å². The zero-order valence-electron chi connectivity index (χ0n) is 15.2. The maximum Gasteiger partial charge on any atom is 0.258 e. The van der Waals surface area contributed by atoms with E-state index < -0.39 is 10.0 Å². The van der Waals surface area contributed by atoms with Gasteiger partial charge in [-0.05, 0) is 70.1 Å². The third-order valence-electron chi connectivity index (χ3n) is 4.98. The number of carbonyl (C=O) groups excluding carboxylic acids is 1. The van der Waals surface area contributed by atoms with Gasteiger partial charge in [-0.15, -0.1) is 0 Å². The summed E-state index contributed by atoms with van der Waals surface area (Å²) in [6, 6.07) is 6.49. The van der Waals surface area contributed by atoms with Gasteiger partial charge in [-0.25, -0.2) is 8.42 Å². The number of hydrogen-bond donors (Lipinski definition) is 1. The molecule has 0 spiro atoms. The van der Waals surface area contributed by atoms with E-state index in [1.807, 2.05) is 0 Å². The summed E-state index contributed by atoms with van der Waals surface area (Å²) in [5, 5.41) is 2.99. The van der Waals surface area contributed by atoms with Crippen molar-refractivity contribution in [1.82, 2.24) is 14.5 Å². The molecule has 1 aromatic rings. The lowest BCUT2D eigenvalue weighted by atomic mass is 10.1. The van der Waals surface area contributed by atoms with Crippen LogP contribution in [-0.4, -0.2) is 69.4 Å². The van der Waals surface area contributed by atoms with E-state index in [0.29, 0.717) is 18.8 Å². The molecule has 0 atom stereocenters. The average molecular weight is 381 g/mol. The van der Waals surface area contributed by atoms with Gasteiger partial charge in [0.1, 0.15) is 5.75 Å². The molecule has 2 aliphatic heterocycles. The number of rotatable bonds is 6. The summed E-state index contributed by atoms with van der Waals surface area (Å²) in [6.07, 6.45) is 3.72. The Labute approximate surface area is 155 Å². The van der Waals surface area contributed by atoms with Crippen LogP contribution in [0.5, 0.6) is 5.75 Å². The summed E-state index contributed by atoms with van der Waals surface area (Å²) >= 11 is 0. The van der Waals surface area contributed by atoms with E-state index in [1.54, 1.807) is 12.1 Å². The van der Waals surface area contributed by atoms with Crippen molar-refractivity contribution in [2.45, 2.75) is 36.6 Å². The summed E-state index contributed by atoms with van der Waals surface area (Å²) in [5.41, 5.74) is 0. The first-order valence-corrected chi connectivity index (χ1v) is 10.6. The number of piperidine rings is 1. The van der Waals surface area contributed by atoms with E-state index in [1.165, 1.54) is 16.4 Å². The summed E-state index contributed by atoms with van der Waals surface area (Å²) in [5.74, 6) is 0.345. The molecule has 0 unspecified atom stereocenters. The van der Waals surface area contributed by atoms with Crippen molar-refractivity contribution in [1.29, 1.82) is 0 Å². The van der Waals surface area contributed by atoms with E-state index in [9.17, 15) is 13.2 Å². The van der Waals surface area contributed by atoms with E-state index in [-0.39, 0.29) is 23.5 Å². The van der Waals surface area contributed by atoms with Crippen LogP contribution in [0.25, 0.3) is 0 Å². The molecule has 2 heterocycles. The Morgan fingerprint density at radius 2 is 1.73 bits per heavy atom. The van der Waals surface area contributed by atoms with Crippen molar-refractivity contribution >= 4 is 15.9 Å². The molecule has 26 heavy (non-hydrogen) atoms. The molecule has 0 bridgehead atoms. The largest absolute Gasteiger partial charge is 0.484 e. The molecule has 144 valence electrons. The van der Waals surface area contributed by atoms with Crippen LogP contribution in [0.15, 0.2) is 29.2 Å². The molecule has 0 radical (unpaired) electrons. The molecule has 3 rings (SSSR count). The molecule has 8 heteroatoms. The highest BCUT2D eigenvalue weighted by atomic mass is 32.2. The van der Waals surface area contributed by atoms with Crippen LogP contribution in [0.3, 0.4) is 0 Å². The number of sulfonamides is 1. The Bertz CT molecular complexity index is 706. The van der Waals surface area contributed by atoms with Gasteiger partial charge < -0.3 is 15.0 Å². The lowest BCUT2D eigenvalue weighted by molar-refractivity contribution is -0.124. The van der Waals surface area contributed by atoms with Gasteiger partial charge in [0.15, 0.2) is 6.61 Å². The monoisotopic (exact) mass is 381 g/mol. The Balaban J connectivity index is 1.49. The zero-order valence-corrected chi connectivity index (χ0v) is 16.0. The standard InChI is InChI=1S/C18H27N3O4S/c1-20-12-8-15(9-13-20)19-18(22)14-25-16-4-6-17(7-5-16)26(23,24)21-10-2-3-11-21/h4-7,15H,2-3,8-14H2,1H3,(H,19,22). The van der Waals surface area contributed by atoms with Crippen molar-refractivity contribution in [3.8, 4) is 5.75 Å². The maximum absolute atomic E-state index is 12.5. The molecule has 1 aromatic carbocycles. The lowest BCUT2D eigenvalue weighted by Gasteiger charge is -2.29. The number of hydrogen-bond acceptors (Lipinski definition) is 5.